The van der Waals surface area contributed by atoms with Crippen LogP contribution in [0.15, 0.2) is 30.6 Å². The van der Waals surface area contributed by atoms with Crippen LogP contribution in [-0.4, -0.2) is 16.3 Å². The Hall–Kier alpha value is -1.39. The second kappa shape index (κ2) is 6.86. The molecule has 0 amide bonds. The molecule has 1 heterocycles. The molecule has 5 heteroatoms. The van der Waals surface area contributed by atoms with Gasteiger partial charge in [0, 0.05) is 28.9 Å². The highest BCUT2D eigenvalue weighted by Crippen LogP contribution is 2.19. The Morgan fingerprint density at radius 2 is 2.20 bits per heavy atom. The topological polar surface area (TPSA) is 29.9 Å². The van der Waals surface area contributed by atoms with Crippen molar-refractivity contribution >= 4 is 11.6 Å². The molecule has 0 atom stereocenters. The van der Waals surface area contributed by atoms with Crippen LogP contribution in [0, 0.1) is 11.7 Å². The Morgan fingerprint density at radius 3 is 2.90 bits per heavy atom. The van der Waals surface area contributed by atoms with Crippen LogP contribution >= 0.6 is 11.6 Å². The fraction of sp³-hybridized carbons (Fsp3) is 0.400. The van der Waals surface area contributed by atoms with E-state index in [1.54, 1.807) is 23.0 Å². The lowest BCUT2D eigenvalue weighted by Crippen LogP contribution is -2.18. The standard InChI is InChI=1S/C15H19ClFN3/c1-11(2)6-18-7-12-8-19-20(9-12)10-13-14(16)4-3-5-15(13)17/h3-5,8-9,11,18H,6-7,10H2,1-2H3. The minimum absolute atomic E-state index is 0.299. The molecule has 1 aromatic heterocycles. The number of hydrogen-bond donors (Lipinski definition) is 1. The monoisotopic (exact) mass is 295 g/mol. The van der Waals surface area contributed by atoms with Crippen LogP contribution in [0.1, 0.15) is 25.0 Å². The zero-order valence-corrected chi connectivity index (χ0v) is 12.5. The molecule has 2 aromatic rings. The van der Waals surface area contributed by atoms with Crippen LogP contribution in [-0.2, 0) is 13.1 Å². The summed E-state index contributed by atoms with van der Waals surface area (Å²) in [4.78, 5) is 0. The molecule has 0 spiro atoms. The maximum Gasteiger partial charge on any atom is 0.129 e. The lowest BCUT2D eigenvalue weighted by atomic mass is 10.2. The molecule has 0 aliphatic rings. The van der Waals surface area contributed by atoms with E-state index in [9.17, 15) is 4.39 Å². The number of nitrogens with zero attached hydrogens (tertiary/aromatic N) is 2. The first-order valence-corrected chi connectivity index (χ1v) is 7.09. The zero-order valence-electron chi connectivity index (χ0n) is 11.7. The Kier molecular flexibility index (Phi) is 5.15. The fourth-order valence-electron chi connectivity index (χ4n) is 1.93. The van der Waals surface area contributed by atoms with E-state index in [4.69, 9.17) is 11.6 Å². The summed E-state index contributed by atoms with van der Waals surface area (Å²) in [5, 5.41) is 8.02. The summed E-state index contributed by atoms with van der Waals surface area (Å²) < 4.78 is 15.4. The Labute approximate surface area is 123 Å². The van der Waals surface area contributed by atoms with Crippen molar-refractivity contribution in [1.82, 2.24) is 15.1 Å². The number of hydrogen-bond acceptors (Lipinski definition) is 2. The highest BCUT2D eigenvalue weighted by Gasteiger charge is 2.08. The first-order chi connectivity index (χ1) is 9.56. The Balaban J connectivity index is 1.99. The molecule has 3 nitrogen and oxygen atoms in total. The molecule has 0 saturated heterocycles. The molecule has 0 aliphatic carbocycles. The molecular formula is C15H19ClFN3. The third kappa shape index (κ3) is 4.05. The first-order valence-electron chi connectivity index (χ1n) is 6.71. The van der Waals surface area contributed by atoms with Gasteiger partial charge >= 0.3 is 0 Å². The summed E-state index contributed by atoms with van der Waals surface area (Å²) in [6, 6.07) is 4.70. The predicted octanol–water partition coefficient (Wildman–Crippen LogP) is 3.47. The summed E-state index contributed by atoms with van der Waals surface area (Å²) in [6.45, 7) is 6.40. The van der Waals surface area contributed by atoms with Gasteiger partial charge in [0.2, 0.25) is 0 Å². The molecule has 1 aromatic carbocycles. The number of rotatable bonds is 6. The molecule has 0 fully saturated rings. The molecule has 20 heavy (non-hydrogen) atoms. The quantitative estimate of drug-likeness (QED) is 0.884. The van der Waals surface area contributed by atoms with E-state index in [1.165, 1.54) is 6.07 Å². The van der Waals surface area contributed by atoms with Crippen LogP contribution < -0.4 is 5.32 Å². The van der Waals surface area contributed by atoms with Crippen LogP contribution in [0.5, 0.6) is 0 Å². The number of nitrogens with one attached hydrogen (secondary N) is 1. The van der Waals surface area contributed by atoms with Gasteiger partial charge in [-0.3, -0.25) is 4.68 Å². The first kappa shape index (κ1) is 15.0. The third-order valence-electron chi connectivity index (χ3n) is 2.95. The van der Waals surface area contributed by atoms with E-state index < -0.39 is 0 Å². The van der Waals surface area contributed by atoms with Crippen molar-refractivity contribution in [2.24, 2.45) is 5.92 Å². The van der Waals surface area contributed by atoms with Gasteiger partial charge in [-0.05, 0) is 24.6 Å². The summed E-state index contributed by atoms with van der Waals surface area (Å²) in [6.07, 6.45) is 3.71. The lowest BCUT2D eigenvalue weighted by molar-refractivity contribution is 0.551. The van der Waals surface area contributed by atoms with Crippen molar-refractivity contribution in [2.75, 3.05) is 6.54 Å². The molecule has 2 rings (SSSR count). The van der Waals surface area contributed by atoms with E-state index in [0.29, 0.717) is 23.0 Å². The van der Waals surface area contributed by atoms with Gasteiger partial charge in [-0.15, -0.1) is 0 Å². The van der Waals surface area contributed by atoms with E-state index in [0.717, 1.165) is 18.7 Å². The van der Waals surface area contributed by atoms with Crippen molar-refractivity contribution in [1.29, 1.82) is 0 Å². The zero-order chi connectivity index (χ0) is 14.5. The summed E-state index contributed by atoms with van der Waals surface area (Å²) >= 11 is 6.01. The smallest absolute Gasteiger partial charge is 0.129 e. The third-order valence-corrected chi connectivity index (χ3v) is 3.30. The van der Waals surface area contributed by atoms with Crippen molar-refractivity contribution in [3.05, 3.63) is 52.6 Å². The Bertz CT molecular complexity index is 546. The van der Waals surface area contributed by atoms with Crippen LogP contribution in [0.2, 0.25) is 5.02 Å². The second-order valence-corrected chi connectivity index (χ2v) is 5.68. The molecule has 1 N–H and O–H groups in total. The molecule has 0 unspecified atom stereocenters. The molecule has 108 valence electrons. The highest BCUT2D eigenvalue weighted by atomic mass is 35.5. The van der Waals surface area contributed by atoms with Gasteiger partial charge in [0.15, 0.2) is 0 Å². The average molecular weight is 296 g/mol. The predicted molar refractivity (Wildman–Crippen MR) is 79.3 cm³/mol. The van der Waals surface area contributed by atoms with Crippen molar-refractivity contribution in [3.8, 4) is 0 Å². The van der Waals surface area contributed by atoms with Gasteiger partial charge in [-0.1, -0.05) is 31.5 Å². The van der Waals surface area contributed by atoms with E-state index in [-0.39, 0.29) is 5.82 Å². The van der Waals surface area contributed by atoms with Gasteiger partial charge in [-0.2, -0.15) is 5.10 Å². The van der Waals surface area contributed by atoms with Gasteiger partial charge in [0.05, 0.1) is 12.7 Å². The molecule has 0 bridgehead atoms. The summed E-state index contributed by atoms with van der Waals surface area (Å²) in [5.74, 6) is 0.315. The van der Waals surface area contributed by atoms with Crippen LogP contribution in [0.25, 0.3) is 0 Å². The lowest BCUT2D eigenvalue weighted by Gasteiger charge is -2.06. The van der Waals surface area contributed by atoms with E-state index >= 15 is 0 Å². The SMILES string of the molecule is CC(C)CNCc1cnn(Cc2c(F)cccc2Cl)c1. The Morgan fingerprint density at radius 1 is 1.40 bits per heavy atom. The number of benzene rings is 1. The van der Waals surface area contributed by atoms with Gasteiger partial charge < -0.3 is 5.32 Å². The van der Waals surface area contributed by atoms with E-state index in [2.05, 4.69) is 24.3 Å². The number of aromatic nitrogens is 2. The minimum atomic E-state index is -0.299. The fourth-order valence-corrected chi connectivity index (χ4v) is 2.16. The molecule has 0 saturated carbocycles. The maximum atomic E-state index is 13.7. The van der Waals surface area contributed by atoms with Gasteiger partial charge in [0.1, 0.15) is 5.82 Å². The minimum Gasteiger partial charge on any atom is -0.312 e. The summed E-state index contributed by atoms with van der Waals surface area (Å²) in [7, 11) is 0. The van der Waals surface area contributed by atoms with E-state index in [1.807, 2.05) is 6.20 Å². The van der Waals surface area contributed by atoms with Crippen molar-refractivity contribution in [2.45, 2.75) is 26.9 Å². The maximum absolute atomic E-state index is 13.7. The summed E-state index contributed by atoms with van der Waals surface area (Å²) in [5.41, 5.74) is 1.55. The molecule has 0 aliphatic heterocycles. The van der Waals surface area contributed by atoms with Crippen LogP contribution in [0.4, 0.5) is 4.39 Å². The molecule has 0 radical (unpaired) electrons. The average Bonchev–Trinajstić information content (AvgIpc) is 2.81. The highest BCUT2D eigenvalue weighted by molar-refractivity contribution is 6.31. The van der Waals surface area contributed by atoms with Crippen molar-refractivity contribution in [3.63, 3.8) is 0 Å². The van der Waals surface area contributed by atoms with Crippen molar-refractivity contribution < 1.29 is 4.39 Å². The second-order valence-electron chi connectivity index (χ2n) is 5.27. The number of halogens is 2. The largest absolute Gasteiger partial charge is 0.312 e. The molecular weight excluding hydrogens is 277 g/mol. The normalized spacial score (nSPS) is 11.2. The van der Waals surface area contributed by atoms with Gasteiger partial charge in [-0.25, -0.2) is 4.39 Å². The van der Waals surface area contributed by atoms with Crippen LogP contribution in [0.3, 0.4) is 0 Å². The van der Waals surface area contributed by atoms with Gasteiger partial charge in [0.25, 0.3) is 0 Å².